The van der Waals surface area contributed by atoms with E-state index in [2.05, 4.69) is 29.8 Å². The number of aromatic carboxylic acids is 1. The number of rotatable bonds is 45. The van der Waals surface area contributed by atoms with Crippen molar-refractivity contribution in [1.82, 2.24) is 16.0 Å². The van der Waals surface area contributed by atoms with E-state index >= 15 is 0 Å². The van der Waals surface area contributed by atoms with Crippen molar-refractivity contribution in [2.45, 2.75) is 174 Å². The number of carboxylic acid groups (broad SMARTS) is 2. The molecule has 0 radical (unpaired) electrons. The predicted molar refractivity (Wildman–Crippen MR) is 244 cm³/mol. The number of carbonyl (C=O) groups excluding carboxylic acids is 3. The lowest BCUT2D eigenvalue weighted by Crippen LogP contribution is -2.43. The van der Waals surface area contributed by atoms with Crippen molar-refractivity contribution in [3.05, 3.63) is 29.8 Å². The van der Waals surface area contributed by atoms with Gasteiger partial charge in [0.15, 0.2) is 0 Å². The molecular formula is C48H83N3O12. The third-order valence-corrected chi connectivity index (χ3v) is 10.5. The van der Waals surface area contributed by atoms with Crippen LogP contribution in [0.1, 0.15) is 172 Å². The lowest BCUT2D eigenvalue weighted by molar-refractivity contribution is -0.143. The van der Waals surface area contributed by atoms with Gasteiger partial charge in [0, 0.05) is 25.9 Å². The maximum Gasteiger partial charge on any atom is 0.335 e. The minimum atomic E-state index is -1.24. The van der Waals surface area contributed by atoms with Crippen LogP contribution < -0.4 is 20.7 Å². The Bertz CT molecular complexity index is 1320. The molecule has 0 aliphatic carbocycles. The van der Waals surface area contributed by atoms with Gasteiger partial charge in [-0.25, -0.2) is 9.59 Å². The minimum Gasteiger partial charge on any atom is -0.494 e. The van der Waals surface area contributed by atoms with Crippen LogP contribution in [0.4, 0.5) is 0 Å². The molecule has 0 bridgehead atoms. The fourth-order valence-corrected chi connectivity index (χ4v) is 6.78. The number of carboxylic acids is 2. The molecule has 0 heterocycles. The quantitative estimate of drug-likeness (QED) is 0.0395. The van der Waals surface area contributed by atoms with Crippen LogP contribution in [-0.4, -0.2) is 118 Å². The summed E-state index contributed by atoms with van der Waals surface area (Å²) in [6, 6.07) is 5.17. The summed E-state index contributed by atoms with van der Waals surface area (Å²) in [6.45, 7) is 7.09. The molecule has 0 aliphatic heterocycles. The number of carbonyl (C=O) groups is 5. The molecule has 1 aromatic rings. The zero-order chi connectivity index (χ0) is 46.0. The zero-order valence-corrected chi connectivity index (χ0v) is 38.8. The van der Waals surface area contributed by atoms with Gasteiger partial charge in [-0.1, -0.05) is 116 Å². The van der Waals surface area contributed by atoms with Crippen LogP contribution in [0.3, 0.4) is 0 Å². The monoisotopic (exact) mass is 894 g/mol. The molecular weight excluding hydrogens is 811 g/mol. The molecule has 63 heavy (non-hydrogen) atoms. The van der Waals surface area contributed by atoms with E-state index in [1.807, 2.05) is 0 Å². The van der Waals surface area contributed by atoms with Crippen LogP contribution in [0.25, 0.3) is 0 Å². The summed E-state index contributed by atoms with van der Waals surface area (Å²) in [5.41, 5.74) is 0.237. The number of ether oxygens (including phenoxy) is 5. The van der Waals surface area contributed by atoms with Crippen molar-refractivity contribution in [2.24, 2.45) is 0 Å². The first-order chi connectivity index (χ1) is 30.6. The second-order valence-electron chi connectivity index (χ2n) is 16.2. The summed E-state index contributed by atoms with van der Waals surface area (Å²) in [4.78, 5) is 59.1. The maximum atomic E-state index is 12.2. The third kappa shape index (κ3) is 36.3. The molecule has 1 unspecified atom stereocenters. The first-order valence-electron chi connectivity index (χ1n) is 24.0. The maximum absolute atomic E-state index is 12.2. The molecule has 1 aromatic carbocycles. The van der Waals surface area contributed by atoms with Crippen molar-refractivity contribution >= 4 is 29.7 Å². The summed E-state index contributed by atoms with van der Waals surface area (Å²) in [5.74, 6) is -2.49. The Labute approximate surface area is 377 Å². The third-order valence-electron chi connectivity index (χ3n) is 10.5. The van der Waals surface area contributed by atoms with E-state index in [1.165, 1.54) is 89.2 Å². The Balaban J connectivity index is 1.91. The fraction of sp³-hybridized carbons (Fsp3) is 0.771. The summed E-state index contributed by atoms with van der Waals surface area (Å²) in [5, 5.41) is 26.4. The van der Waals surface area contributed by atoms with Gasteiger partial charge >= 0.3 is 11.9 Å². The Morgan fingerprint density at radius 1 is 0.540 bits per heavy atom. The number of hydrogen-bond donors (Lipinski definition) is 5. The van der Waals surface area contributed by atoms with E-state index in [9.17, 15) is 29.1 Å². The van der Waals surface area contributed by atoms with Crippen LogP contribution in [0.15, 0.2) is 24.3 Å². The highest BCUT2D eigenvalue weighted by molar-refractivity contribution is 5.87. The molecule has 0 aliphatic rings. The fourth-order valence-electron chi connectivity index (χ4n) is 6.78. The first kappa shape index (κ1) is 57.2. The number of hydrogen-bond acceptors (Lipinski definition) is 10. The lowest BCUT2D eigenvalue weighted by atomic mass is 10.0. The highest BCUT2D eigenvalue weighted by Gasteiger charge is 2.21. The smallest absolute Gasteiger partial charge is 0.335 e. The number of unbranched alkanes of at least 4 members (excludes halogenated alkanes) is 17. The van der Waals surface area contributed by atoms with Crippen LogP contribution in [0, 0.1) is 0 Å². The van der Waals surface area contributed by atoms with E-state index in [0.29, 0.717) is 58.3 Å². The van der Waals surface area contributed by atoms with Crippen molar-refractivity contribution in [3.8, 4) is 5.75 Å². The summed E-state index contributed by atoms with van der Waals surface area (Å²) < 4.78 is 27.8. The summed E-state index contributed by atoms with van der Waals surface area (Å²) in [7, 11) is 0. The first-order valence-corrected chi connectivity index (χ1v) is 24.0. The van der Waals surface area contributed by atoms with Gasteiger partial charge in [-0.15, -0.1) is 0 Å². The lowest BCUT2D eigenvalue weighted by Gasteiger charge is -2.15. The molecule has 0 saturated carbocycles. The number of aliphatic carboxylic acids is 1. The van der Waals surface area contributed by atoms with Gasteiger partial charge < -0.3 is 49.8 Å². The SMILES string of the molecule is CCCCCCCCCCCCCCC(C)OCCOCCNC(=O)CC[C@H](NC(=O)COCCOCCNC(=O)CCCCCCCCCOc1ccc(C(=O)O)cc1)C(=O)O. The topological polar surface area (TPSA) is 208 Å². The standard InChI is InChI=1S/C48H83N3O12/c1-3-4-5-6-7-8-9-10-11-13-16-19-22-40(2)62-38-37-60-34-31-50-45(53)29-28-43(48(57)58)51-46(54)39-61-36-35-59-33-30-49-44(52)23-20-17-14-12-15-18-21-32-63-42-26-24-41(25-27-42)47(55)56/h24-27,40,43H,3-23,28-39H2,1-2H3,(H,49,52)(H,50,53)(H,51,54)(H,55,56)(H,57,58)/t40?,43-/m0/s1. The second kappa shape index (κ2) is 40.9. The van der Waals surface area contributed by atoms with Gasteiger partial charge in [-0.2, -0.15) is 0 Å². The zero-order valence-electron chi connectivity index (χ0n) is 38.8. The predicted octanol–water partition coefficient (Wildman–Crippen LogP) is 8.01. The van der Waals surface area contributed by atoms with E-state index < -0.39 is 23.9 Å². The molecule has 362 valence electrons. The van der Waals surface area contributed by atoms with Crippen LogP contribution in [0.2, 0.25) is 0 Å². The Kier molecular flexibility index (Phi) is 37.2. The normalized spacial score (nSPS) is 12.1. The molecule has 0 saturated heterocycles. The molecule has 5 N–H and O–H groups in total. The van der Waals surface area contributed by atoms with E-state index in [-0.39, 0.29) is 56.1 Å². The largest absolute Gasteiger partial charge is 0.494 e. The molecule has 3 amide bonds. The Morgan fingerprint density at radius 3 is 1.62 bits per heavy atom. The van der Waals surface area contributed by atoms with Gasteiger partial charge in [0.05, 0.1) is 57.9 Å². The van der Waals surface area contributed by atoms with E-state index in [4.69, 9.17) is 28.8 Å². The number of benzene rings is 1. The molecule has 1 rings (SSSR count). The average molecular weight is 894 g/mol. The Hall–Kier alpha value is -3.79. The highest BCUT2D eigenvalue weighted by Crippen LogP contribution is 2.15. The molecule has 0 spiro atoms. The van der Waals surface area contributed by atoms with Gasteiger partial charge in [-0.05, 0) is 56.9 Å². The average Bonchev–Trinajstić information content (AvgIpc) is 3.26. The van der Waals surface area contributed by atoms with Crippen LogP contribution >= 0.6 is 0 Å². The summed E-state index contributed by atoms with van der Waals surface area (Å²) in [6.07, 6.45) is 24.6. The van der Waals surface area contributed by atoms with Gasteiger partial charge in [0.1, 0.15) is 18.4 Å². The number of amides is 3. The van der Waals surface area contributed by atoms with Crippen molar-refractivity contribution < 1.29 is 57.9 Å². The van der Waals surface area contributed by atoms with Crippen LogP contribution in [-0.2, 0) is 38.1 Å². The van der Waals surface area contributed by atoms with E-state index in [0.717, 1.165) is 51.4 Å². The highest BCUT2D eigenvalue weighted by atomic mass is 16.5. The second-order valence-corrected chi connectivity index (χ2v) is 16.2. The van der Waals surface area contributed by atoms with Gasteiger partial charge in [0.2, 0.25) is 17.7 Å². The van der Waals surface area contributed by atoms with E-state index in [1.54, 1.807) is 12.1 Å². The number of nitrogens with one attached hydrogen (secondary N) is 3. The van der Waals surface area contributed by atoms with Gasteiger partial charge in [-0.3, -0.25) is 14.4 Å². The molecule has 0 fully saturated rings. The molecule has 15 heteroatoms. The van der Waals surface area contributed by atoms with Crippen LogP contribution in [0.5, 0.6) is 5.75 Å². The molecule has 2 atom stereocenters. The minimum absolute atomic E-state index is 0.0271. The molecule has 0 aromatic heterocycles. The van der Waals surface area contributed by atoms with Crippen molar-refractivity contribution in [3.63, 3.8) is 0 Å². The van der Waals surface area contributed by atoms with Gasteiger partial charge in [0.25, 0.3) is 0 Å². The van der Waals surface area contributed by atoms with Crippen molar-refractivity contribution in [1.29, 1.82) is 0 Å². The summed E-state index contributed by atoms with van der Waals surface area (Å²) >= 11 is 0. The Morgan fingerprint density at radius 2 is 1.05 bits per heavy atom. The van der Waals surface area contributed by atoms with Crippen molar-refractivity contribution in [2.75, 3.05) is 65.9 Å². The molecule has 15 nitrogen and oxygen atoms in total.